The number of hydrogen-bond acceptors (Lipinski definition) is 4. The van der Waals surface area contributed by atoms with Crippen molar-refractivity contribution in [3.05, 3.63) is 0 Å². The topological polar surface area (TPSA) is 64.6 Å². The van der Waals surface area contributed by atoms with Crippen LogP contribution in [0.4, 0.5) is 4.79 Å². The minimum Gasteiger partial charge on any atom is -0.464 e. The molecule has 0 spiro atoms. The second kappa shape index (κ2) is 19.4. The Hall–Kier alpha value is -1.26. The molecule has 0 bridgehead atoms. The Labute approximate surface area is 192 Å². The third-order valence-electron chi connectivity index (χ3n) is 5.59. The molecule has 1 atom stereocenters. The van der Waals surface area contributed by atoms with E-state index in [9.17, 15) is 9.59 Å². The molecule has 0 saturated carbocycles. The van der Waals surface area contributed by atoms with E-state index < -0.39 is 17.6 Å². The molecule has 0 aliphatic carbocycles. The predicted molar refractivity (Wildman–Crippen MR) is 129 cm³/mol. The Morgan fingerprint density at radius 1 is 0.645 bits per heavy atom. The van der Waals surface area contributed by atoms with Crippen LogP contribution in [0.15, 0.2) is 0 Å². The largest absolute Gasteiger partial charge is 0.464 e. The Bertz CT molecular complexity index is 445. The first-order chi connectivity index (χ1) is 14.8. The maximum atomic E-state index is 12.5. The van der Waals surface area contributed by atoms with Crippen molar-refractivity contribution < 1.29 is 19.1 Å². The highest BCUT2D eigenvalue weighted by Gasteiger charge is 2.34. The fraction of sp³-hybridized carbons (Fsp3) is 0.923. The molecule has 1 amide bonds. The zero-order valence-corrected chi connectivity index (χ0v) is 21.2. The summed E-state index contributed by atoms with van der Waals surface area (Å²) in [5.74, 6) is -0.376. The first-order valence-electron chi connectivity index (χ1n) is 12.9. The average Bonchev–Trinajstić information content (AvgIpc) is 2.71. The number of amides is 1. The lowest BCUT2D eigenvalue weighted by Crippen LogP contribution is -2.50. The third-order valence-corrected chi connectivity index (χ3v) is 5.59. The summed E-state index contributed by atoms with van der Waals surface area (Å²) >= 11 is 0. The molecule has 0 aromatic rings. The fourth-order valence-corrected chi connectivity index (χ4v) is 3.47. The van der Waals surface area contributed by atoms with E-state index in [0.29, 0.717) is 13.2 Å². The van der Waals surface area contributed by atoms with E-state index in [0.717, 1.165) is 25.7 Å². The van der Waals surface area contributed by atoms with Gasteiger partial charge < -0.3 is 14.8 Å². The van der Waals surface area contributed by atoms with Crippen molar-refractivity contribution in [3.63, 3.8) is 0 Å². The van der Waals surface area contributed by atoms with Crippen molar-refractivity contribution in [2.75, 3.05) is 13.2 Å². The first-order valence-corrected chi connectivity index (χ1v) is 12.9. The Balaban J connectivity index is 3.80. The van der Waals surface area contributed by atoms with Crippen LogP contribution in [0.25, 0.3) is 0 Å². The summed E-state index contributed by atoms with van der Waals surface area (Å²) in [6, 6.07) is -0.705. The van der Waals surface area contributed by atoms with E-state index in [1.165, 1.54) is 70.6 Å². The van der Waals surface area contributed by atoms with Crippen LogP contribution in [0.5, 0.6) is 0 Å². The molecule has 0 aromatic carbocycles. The maximum Gasteiger partial charge on any atom is 0.407 e. The highest BCUT2D eigenvalue weighted by molar-refractivity contribution is 5.82. The van der Waals surface area contributed by atoms with Crippen molar-refractivity contribution >= 4 is 12.1 Å². The maximum absolute atomic E-state index is 12.5. The predicted octanol–water partition coefficient (Wildman–Crippen LogP) is 7.56. The van der Waals surface area contributed by atoms with Crippen LogP contribution in [0, 0.1) is 5.41 Å². The Morgan fingerprint density at radius 3 is 1.52 bits per heavy atom. The molecule has 5 nitrogen and oxygen atoms in total. The summed E-state index contributed by atoms with van der Waals surface area (Å²) in [5.41, 5.74) is -0.434. The summed E-state index contributed by atoms with van der Waals surface area (Å²) in [7, 11) is 0. The quantitative estimate of drug-likeness (QED) is 0.166. The van der Waals surface area contributed by atoms with Crippen LogP contribution >= 0.6 is 0 Å². The van der Waals surface area contributed by atoms with Crippen LogP contribution in [-0.4, -0.2) is 31.3 Å². The molecule has 31 heavy (non-hydrogen) atoms. The van der Waals surface area contributed by atoms with Crippen molar-refractivity contribution in [2.45, 2.75) is 137 Å². The number of rotatable bonds is 19. The van der Waals surface area contributed by atoms with Crippen LogP contribution in [0.2, 0.25) is 0 Å². The van der Waals surface area contributed by atoms with Crippen molar-refractivity contribution in [1.82, 2.24) is 5.32 Å². The highest BCUT2D eigenvalue weighted by atomic mass is 16.6. The van der Waals surface area contributed by atoms with Gasteiger partial charge in [-0.1, -0.05) is 118 Å². The first kappa shape index (κ1) is 29.7. The number of ether oxygens (including phenoxy) is 2. The lowest BCUT2D eigenvalue weighted by molar-refractivity contribution is -0.149. The summed E-state index contributed by atoms with van der Waals surface area (Å²) in [6.07, 6.45) is 17.9. The number of unbranched alkanes of at least 4 members (excludes halogenated alkanes) is 13. The molecular formula is C26H51NO4. The molecule has 0 aliphatic rings. The highest BCUT2D eigenvalue weighted by Crippen LogP contribution is 2.21. The lowest BCUT2D eigenvalue weighted by atomic mass is 9.87. The van der Waals surface area contributed by atoms with Crippen LogP contribution in [0.1, 0.15) is 131 Å². The Morgan fingerprint density at radius 2 is 1.06 bits per heavy atom. The van der Waals surface area contributed by atoms with Gasteiger partial charge in [0.1, 0.15) is 6.04 Å². The molecule has 0 heterocycles. The molecule has 0 fully saturated rings. The molecule has 0 aromatic heterocycles. The van der Waals surface area contributed by atoms with Gasteiger partial charge >= 0.3 is 12.1 Å². The molecule has 0 saturated heterocycles. The molecule has 0 aliphatic heterocycles. The molecule has 5 heteroatoms. The normalized spacial score (nSPS) is 12.4. The summed E-state index contributed by atoms with van der Waals surface area (Å²) in [6.45, 7) is 10.8. The SMILES string of the molecule is CCCCCCCCCCCCCCCOC(=O)C(NC(=O)OCCCC)C(C)(C)C. The van der Waals surface area contributed by atoms with E-state index in [-0.39, 0.29) is 5.97 Å². The molecular weight excluding hydrogens is 390 g/mol. The number of hydrogen-bond donors (Lipinski definition) is 1. The van der Waals surface area contributed by atoms with Gasteiger partial charge in [0.2, 0.25) is 0 Å². The summed E-state index contributed by atoms with van der Waals surface area (Å²) in [4.78, 5) is 24.4. The number of nitrogens with one attached hydrogen (secondary N) is 1. The molecule has 0 radical (unpaired) electrons. The van der Waals surface area contributed by atoms with E-state index >= 15 is 0 Å². The minimum absolute atomic E-state index is 0.368. The van der Waals surface area contributed by atoms with Gasteiger partial charge in [-0.3, -0.25) is 0 Å². The van der Waals surface area contributed by atoms with Gasteiger partial charge in [0, 0.05) is 0 Å². The van der Waals surface area contributed by atoms with Gasteiger partial charge in [-0.2, -0.15) is 0 Å². The van der Waals surface area contributed by atoms with E-state index in [4.69, 9.17) is 9.47 Å². The number of carbonyl (C=O) groups excluding carboxylic acids is 2. The second-order valence-electron chi connectivity index (χ2n) is 9.84. The van der Waals surface area contributed by atoms with Gasteiger partial charge in [0.25, 0.3) is 0 Å². The second-order valence-corrected chi connectivity index (χ2v) is 9.84. The van der Waals surface area contributed by atoms with Gasteiger partial charge in [0.05, 0.1) is 13.2 Å². The molecule has 0 rings (SSSR count). The monoisotopic (exact) mass is 441 g/mol. The summed E-state index contributed by atoms with van der Waals surface area (Å²) in [5, 5.41) is 2.68. The molecule has 1 unspecified atom stereocenters. The average molecular weight is 442 g/mol. The Kier molecular flexibility index (Phi) is 18.6. The number of esters is 1. The van der Waals surface area contributed by atoms with Crippen molar-refractivity contribution in [1.29, 1.82) is 0 Å². The standard InChI is InChI=1S/C26H51NO4/c1-6-8-10-11-12-13-14-15-16-17-18-19-20-22-30-24(28)23(26(3,4)5)27-25(29)31-21-9-7-2/h23H,6-22H2,1-5H3,(H,27,29). The van der Waals surface area contributed by atoms with Crippen LogP contribution < -0.4 is 5.32 Å². The van der Waals surface area contributed by atoms with Crippen molar-refractivity contribution in [3.8, 4) is 0 Å². The summed E-state index contributed by atoms with van der Waals surface area (Å²) < 4.78 is 10.6. The van der Waals surface area contributed by atoms with Crippen LogP contribution in [-0.2, 0) is 14.3 Å². The van der Waals surface area contributed by atoms with Gasteiger partial charge in [-0.15, -0.1) is 0 Å². The smallest absolute Gasteiger partial charge is 0.407 e. The van der Waals surface area contributed by atoms with E-state index in [1.54, 1.807) is 0 Å². The van der Waals surface area contributed by atoms with Gasteiger partial charge in [-0.25, -0.2) is 9.59 Å². The number of alkyl carbamates (subject to hydrolysis) is 1. The minimum atomic E-state index is -0.705. The third kappa shape index (κ3) is 18.1. The fourth-order valence-electron chi connectivity index (χ4n) is 3.47. The van der Waals surface area contributed by atoms with Crippen LogP contribution in [0.3, 0.4) is 0 Å². The van der Waals surface area contributed by atoms with Crippen molar-refractivity contribution in [2.24, 2.45) is 5.41 Å². The van der Waals surface area contributed by atoms with Gasteiger partial charge in [-0.05, 0) is 18.3 Å². The van der Waals surface area contributed by atoms with E-state index in [2.05, 4.69) is 12.2 Å². The lowest BCUT2D eigenvalue weighted by Gasteiger charge is -2.29. The van der Waals surface area contributed by atoms with Gasteiger partial charge in [0.15, 0.2) is 0 Å². The zero-order valence-electron chi connectivity index (χ0n) is 21.2. The molecule has 184 valence electrons. The number of carbonyl (C=O) groups is 2. The zero-order chi connectivity index (χ0) is 23.4. The molecule has 1 N–H and O–H groups in total. The van der Waals surface area contributed by atoms with E-state index in [1.807, 2.05) is 27.7 Å².